The average Bonchev–Trinajstić information content (AvgIpc) is 3.29. The maximum Gasteiger partial charge on any atom is 0.251 e. The van der Waals surface area contributed by atoms with Crippen LogP contribution in [0.5, 0.6) is 5.75 Å². The number of benzene rings is 2. The second-order valence-corrected chi connectivity index (χ2v) is 7.20. The van der Waals surface area contributed by atoms with Crippen molar-refractivity contribution in [1.29, 1.82) is 0 Å². The van der Waals surface area contributed by atoms with Crippen molar-refractivity contribution in [2.45, 2.75) is 32.3 Å². The molecule has 1 saturated heterocycles. The predicted molar refractivity (Wildman–Crippen MR) is 117 cm³/mol. The van der Waals surface area contributed by atoms with E-state index in [2.05, 4.69) is 22.9 Å². The lowest BCUT2D eigenvalue weighted by Gasteiger charge is -2.12. The Morgan fingerprint density at radius 2 is 1.97 bits per heavy atom. The molecule has 2 aromatic rings. The van der Waals surface area contributed by atoms with E-state index in [1.54, 1.807) is 24.3 Å². The number of nitrogens with one attached hydrogen (secondary N) is 3. The van der Waals surface area contributed by atoms with Gasteiger partial charge >= 0.3 is 0 Å². The van der Waals surface area contributed by atoms with E-state index < -0.39 is 0 Å². The molecule has 1 heterocycles. The molecule has 1 fully saturated rings. The smallest absolute Gasteiger partial charge is 0.251 e. The molecule has 160 valence electrons. The lowest BCUT2D eigenvalue weighted by atomic mass is 10.1. The molecule has 0 saturated carbocycles. The topological polar surface area (TPSA) is 88.7 Å². The molecule has 30 heavy (non-hydrogen) atoms. The molecule has 0 aliphatic carbocycles. The fourth-order valence-corrected chi connectivity index (χ4v) is 3.16. The number of rotatable bonds is 10. The molecule has 3 rings (SSSR count). The first-order valence-corrected chi connectivity index (χ1v) is 10.4. The van der Waals surface area contributed by atoms with Crippen LogP contribution in [0, 0.1) is 0 Å². The lowest BCUT2D eigenvalue weighted by molar-refractivity contribution is -0.114. The zero-order valence-corrected chi connectivity index (χ0v) is 17.3. The summed E-state index contributed by atoms with van der Waals surface area (Å²) in [6.07, 6.45) is 3.03. The van der Waals surface area contributed by atoms with Crippen molar-refractivity contribution < 1.29 is 19.1 Å². The van der Waals surface area contributed by atoms with Crippen molar-refractivity contribution in [3.8, 4) is 5.75 Å². The maximum atomic E-state index is 12.4. The summed E-state index contributed by atoms with van der Waals surface area (Å²) in [5, 5.41) is 8.79. The number of hydrogen-bond acceptors (Lipinski definition) is 5. The van der Waals surface area contributed by atoms with E-state index in [4.69, 9.17) is 9.47 Å². The van der Waals surface area contributed by atoms with Gasteiger partial charge in [0.15, 0.2) is 0 Å². The van der Waals surface area contributed by atoms with Crippen molar-refractivity contribution in [2.75, 3.05) is 36.9 Å². The minimum absolute atomic E-state index is 0.0915. The molecule has 1 aliphatic heterocycles. The van der Waals surface area contributed by atoms with Crippen LogP contribution >= 0.6 is 0 Å². The lowest BCUT2D eigenvalue weighted by Crippen LogP contribution is -2.31. The van der Waals surface area contributed by atoms with Crippen LogP contribution in [0.2, 0.25) is 0 Å². The third kappa shape index (κ3) is 6.77. The van der Waals surface area contributed by atoms with Gasteiger partial charge in [0.1, 0.15) is 5.75 Å². The summed E-state index contributed by atoms with van der Waals surface area (Å²) in [5.41, 5.74) is 1.88. The minimum Gasteiger partial charge on any atom is -0.494 e. The van der Waals surface area contributed by atoms with Crippen LogP contribution in [0.15, 0.2) is 48.5 Å². The van der Waals surface area contributed by atoms with Gasteiger partial charge in [-0.15, -0.1) is 0 Å². The number of anilines is 2. The standard InChI is InChI=1S/C23H29N3O4/c1-2-11-29-20-9-4-7-18(14-20)24-16-22(27)26-19-8-3-6-17(13-19)23(28)25-15-21-10-5-12-30-21/h3-4,6-9,13-14,21,24H,2,5,10-12,15-16H2,1H3,(H,25,28)(H,26,27). The highest BCUT2D eigenvalue weighted by atomic mass is 16.5. The van der Waals surface area contributed by atoms with E-state index in [-0.39, 0.29) is 24.5 Å². The Morgan fingerprint density at radius 3 is 2.77 bits per heavy atom. The summed E-state index contributed by atoms with van der Waals surface area (Å²) in [5.74, 6) is 0.388. The molecular weight excluding hydrogens is 382 g/mol. The molecule has 1 aliphatic rings. The van der Waals surface area contributed by atoms with E-state index in [1.165, 1.54) is 0 Å². The highest BCUT2D eigenvalue weighted by molar-refractivity contribution is 5.98. The molecule has 1 unspecified atom stereocenters. The van der Waals surface area contributed by atoms with Gasteiger partial charge in [0.2, 0.25) is 5.91 Å². The first kappa shape index (κ1) is 21.6. The Bertz CT molecular complexity index is 850. The van der Waals surface area contributed by atoms with Crippen molar-refractivity contribution in [3.05, 3.63) is 54.1 Å². The monoisotopic (exact) mass is 411 g/mol. The summed E-state index contributed by atoms with van der Waals surface area (Å²) in [6, 6.07) is 14.4. The van der Waals surface area contributed by atoms with Crippen LogP contribution < -0.4 is 20.7 Å². The summed E-state index contributed by atoms with van der Waals surface area (Å²) in [4.78, 5) is 24.7. The van der Waals surface area contributed by atoms with Crippen LogP contribution in [0.25, 0.3) is 0 Å². The molecular formula is C23H29N3O4. The highest BCUT2D eigenvalue weighted by Crippen LogP contribution is 2.17. The molecule has 0 spiro atoms. The van der Waals surface area contributed by atoms with Crippen molar-refractivity contribution in [3.63, 3.8) is 0 Å². The highest BCUT2D eigenvalue weighted by Gasteiger charge is 2.17. The van der Waals surface area contributed by atoms with Crippen LogP contribution in [0.4, 0.5) is 11.4 Å². The predicted octanol–water partition coefficient (Wildman–Crippen LogP) is 3.43. The van der Waals surface area contributed by atoms with Gasteiger partial charge in [-0.25, -0.2) is 0 Å². The Kier molecular flexibility index (Phi) is 8.09. The van der Waals surface area contributed by atoms with E-state index in [9.17, 15) is 9.59 Å². The Morgan fingerprint density at radius 1 is 1.13 bits per heavy atom. The van der Waals surface area contributed by atoms with Gasteiger partial charge in [-0.1, -0.05) is 19.1 Å². The molecule has 7 nitrogen and oxygen atoms in total. The summed E-state index contributed by atoms with van der Waals surface area (Å²) in [6.45, 7) is 4.07. The van der Waals surface area contributed by atoms with Gasteiger partial charge in [0.05, 0.1) is 19.3 Å². The Labute approximate surface area is 177 Å². The molecule has 3 N–H and O–H groups in total. The van der Waals surface area contributed by atoms with Gasteiger partial charge in [0, 0.05) is 36.2 Å². The normalized spacial score (nSPS) is 15.4. The summed E-state index contributed by atoms with van der Waals surface area (Å²) in [7, 11) is 0. The van der Waals surface area contributed by atoms with Gasteiger partial charge < -0.3 is 25.4 Å². The van der Waals surface area contributed by atoms with E-state index >= 15 is 0 Å². The van der Waals surface area contributed by atoms with Crippen molar-refractivity contribution >= 4 is 23.2 Å². The Balaban J connectivity index is 1.48. The van der Waals surface area contributed by atoms with E-state index in [1.807, 2.05) is 24.3 Å². The van der Waals surface area contributed by atoms with Crippen LogP contribution in [-0.2, 0) is 9.53 Å². The number of amides is 2. The molecule has 0 radical (unpaired) electrons. The maximum absolute atomic E-state index is 12.4. The molecule has 1 atom stereocenters. The average molecular weight is 412 g/mol. The summed E-state index contributed by atoms with van der Waals surface area (Å²) < 4.78 is 11.1. The quantitative estimate of drug-likeness (QED) is 0.557. The van der Waals surface area contributed by atoms with Crippen molar-refractivity contribution in [2.24, 2.45) is 0 Å². The van der Waals surface area contributed by atoms with Gasteiger partial charge in [-0.2, -0.15) is 0 Å². The SMILES string of the molecule is CCCOc1cccc(NCC(=O)Nc2cccc(C(=O)NCC3CCCO3)c2)c1. The number of carbonyl (C=O) groups is 2. The Hall–Kier alpha value is -3.06. The minimum atomic E-state index is -0.202. The number of carbonyl (C=O) groups excluding carboxylic acids is 2. The number of hydrogen-bond donors (Lipinski definition) is 3. The number of ether oxygens (including phenoxy) is 2. The first-order chi connectivity index (χ1) is 14.6. The van der Waals surface area contributed by atoms with Gasteiger partial charge in [-0.3, -0.25) is 9.59 Å². The molecule has 2 aromatic carbocycles. The van der Waals surface area contributed by atoms with E-state index in [0.717, 1.165) is 37.3 Å². The van der Waals surface area contributed by atoms with E-state index in [0.29, 0.717) is 24.4 Å². The molecule has 2 amide bonds. The fourth-order valence-electron chi connectivity index (χ4n) is 3.16. The largest absolute Gasteiger partial charge is 0.494 e. The third-order valence-electron chi connectivity index (χ3n) is 4.68. The van der Waals surface area contributed by atoms with Crippen molar-refractivity contribution in [1.82, 2.24) is 5.32 Å². The van der Waals surface area contributed by atoms with Gasteiger partial charge in [0.25, 0.3) is 5.91 Å². The molecule has 0 aromatic heterocycles. The second kappa shape index (κ2) is 11.2. The first-order valence-electron chi connectivity index (χ1n) is 10.4. The fraction of sp³-hybridized carbons (Fsp3) is 0.391. The van der Waals surface area contributed by atoms with Gasteiger partial charge in [-0.05, 0) is 49.6 Å². The van der Waals surface area contributed by atoms with Crippen LogP contribution in [0.1, 0.15) is 36.5 Å². The third-order valence-corrected chi connectivity index (χ3v) is 4.68. The second-order valence-electron chi connectivity index (χ2n) is 7.20. The molecule has 7 heteroatoms. The summed E-state index contributed by atoms with van der Waals surface area (Å²) >= 11 is 0. The molecule has 0 bridgehead atoms. The zero-order chi connectivity index (χ0) is 21.2. The van der Waals surface area contributed by atoms with Crippen LogP contribution in [0.3, 0.4) is 0 Å². The zero-order valence-electron chi connectivity index (χ0n) is 17.3. The van der Waals surface area contributed by atoms with Crippen LogP contribution in [-0.4, -0.2) is 44.2 Å².